The Hall–Kier alpha value is -3.75. The number of carbonyl (C=O) groups is 2. The first-order valence-electron chi connectivity index (χ1n) is 9.40. The van der Waals surface area contributed by atoms with E-state index >= 15 is 0 Å². The number of ether oxygens (including phenoxy) is 2. The molecule has 0 spiro atoms. The maximum Gasteiger partial charge on any atom is 0.325 e. The van der Waals surface area contributed by atoms with Crippen molar-refractivity contribution >= 4 is 12.0 Å². The number of furan rings is 1. The molecule has 3 aromatic rings. The van der Waals surface area contributed by atoms with E-state index in [9.17, 15) is 9.59 Å². The van der Waals surface area contributed by atoms with E-state index in [1.165, 1.54) is 11.2 Å². The van der Waals surface area contributed by atoms with Crippen molar-refractivity contribution in [3.63, 3.8) is 0 Å². The predicted molar refractivity (Wildman–Crippen MR) is 106 cm³/mol. The van der Waals surface area contributed by atoms with Gasteiger partial charge in [-0.05, 0) is 31.2 Å². The molecule has 2 aromatic heterocycles. The SMILES string of the molecule is CCOC(=O)CNC(=O)N(Cc1cc(-c2ccccc2OC)on1)Cc1ccco1. The number of urea groups is 1. The van der Waals surface area contributed by atoms with Gasteiger partial charge in [-0.2, -0.15) is 0 Å². The van der Waals surface area contributed by atoms with Crippen molar-refractivity contribution in [1.29, 1.82) is 0 Å². The second kappa shape index (κ2) is 10.1. The molecule has 1 N–H and O–H groups in total. The summed E-state index contributed by atoms with van der Waals surface area (Å²) >= 11 is 0. The van der Waals surface area contributed by atoms with E-state index in [1.807, 2.05) is 24.3 Å². The third-order valence-electron chi connectivity index (χ3n) is 4.19. The summed E-state index contributed by atoms with van der Waals surface area (Å²) in [5.74, 6) is 1.26. The fourth-order valence-corrected chi connectivity index (χ4v) is 2.82. The Morgan fingerprint density at radius 1 is 1.17 bits per heavy atom. The first kappa shape index (κ1) is 21.0. The zero-order valence-corrected chi connectivity index (χ0v) is 16.8. The van der Waals surface area contributed by atoms with Gasteiger partial charge in [0.15, 0.2) is 5.76 Å². The van der Waals surface area contributed by atoms with E-state index in [4.69, 9.17) is 18.4 Å². The molecular weight excluding hydrogens is 390 g/mol. The first-order chi connectivity index (χ1) is 14.6. The molecule has 0 radical (unpaired) electrons. The zero-order chi connectivity index (χ0) is 21.3. The number of esters is 1. The van der Waals surface area contributed by atoms with Gasteiger partial charge in [-0.1, -0.05) is 17.3 Å². The highest BCUT2D eigenvalue weighted by molar-refractivity contribution is 5.80. The van der Waals surface area contributed by atoms with Gasteiger partial charge in [-0.15, -0.1) is 0 Å². The number of nitrogens with zero attached hydrogens (tertiary/aromatic N) is 2. The quantitative estimate of drug-likeness (QED) is 0.537. The molecule has 0 unspecified atom stereocenters. The minimum Gasteiger partial charge on any atom is -0.496 e. The fourth-order valence-electron chi connectivity index (χ4n) is 2.82. The topological polar surface area (TPSA) is 107 Å². The Labute approximate surface area is 173 Å². The predicted octanol–water partition coefficient (Wildman–Crippen LogP) is 3.22. The van der Waals surface area contributed by atoms with Crippen molar-refractivity contribution in [3.8, 4) is 17.1 Å². The molecule has 9 heteroatoms. The van der Waals surface area contributed by atoms with Crippen molar-refractivity contribution in [2.45, 2.75) is 20.0 Å². The number of hydrogen-bond donors (Lipinski definition) is 1. The van der Waals surface area contributed by atoms with E-state index in [-0.39, 0.29) is 26.2 Å². The second-order valence-electron chi connectivity index (χ2n) is 6.28. The smallest absolute Gasteiger partial charge is 0.325 e. The lowest BCUT2D eigenvalue weighted by molar-refractivity contribution is -0.141. The molecule has 2 heterocycles. The van der Waals surface area contributed by atoms with Gasteiger partial charge in [0.25, 0.3) is 0 Å². The highest BCUT2D eigenvalue weighted by atomic mass is 16.5. The molecule has 0 saturated heterocycles. The van der Waals surface area contributed by atoms with Crippen LogP contribution in [0.1, 0.15) is 18.4 Å². The lowest BCUT2D eigenvalue weighted by Crippen LogP contribution is -2.41. The molecule has 0 aliphatic carbocycles. The van der Waals surface area contributed by atoms with E-state index in [1.54, 1.807) is 32.2 Å². The number of aromatic nitrogens is 1. The van der Waals surface area contributed by atoms with Crippen LogP contribution in [0.15, 0.2) is 57.7 Å². The number of benzene rings is 1. The number of rotatable bonds is 9. The fraction of sp³-hybridized carbons (Fsp3) is 0.286. The summed E-state index contributed by atoms with van der Waals surface area (Å²) in [7, 11) is 1.58. The van der Waals surface area contributed by atoms with Gasteiger partial charge in [-0.25, -0.2) is 4.79 Å². The standard InChI is InChI=1S/C21H23N3O6/c1-3-28-20(25)12-22-21(26)24(14-16-7-6-10-29-16)13-15-11-19(30-23-15)17-8-4-5-9-18(17)27-2/h4-11H,3,12-14H2,1-2H3,(H,22,26). The molecule has 0 saturated carbocycles. The van der Waals surface area contributed by atoms with Crippen molar-refractivity contribution < 1.29 is 28.0 Å². The van der Waals surface area contributed by atoms with Crippen LogP contribution in [0, 0.1) is 0 Å². The Bertz CT molecular complexity index is 967. The zero-order valence-electron chi connectivity index (χ0n) is 16.8. The normalized spacial score (nSPS) is 10.5. The third-order valence-corrected chi connectivity index (χ3v) is 4.19. The van der Waals surface area contributed by atoms with Crippen LogP contribution in [0.25, 0.3) is 11.3 Å². The molecule has 0 aliphatic rings. The number of methoxy groups -OCH3 is 1. The maximum absolute atomic E-state index is 12.6. The monoisotopic (exact) mass is 413 g/mol. The van der Waals surface area contributed by atoms with Gasteiger partial charge in [0, 0.05) is 6.07 Å². The Kier molecular flexibility index (Phi) is 7.09. The molecule has 0 fully saturated rings. The summed E-state index contributed by atoms with van der Waals surface area (Å²) in [5.41, 5.74) is 1.29. The van der Waals surface area contributed by atoms with Gasteiger partial charge in [0.1, 0.15) is 23.7 Å². The van der Waals surface area contributed by atoms with Crippen LogP contribution in [0.5, 0.6) is 5.75 Å². The molecule has 0 aliphatic heterocycles. The third kappa shape index (κ3) is 5.40. The molecule has 0 bridgehead atoms. The average molecular weight is 413 g/mol. The summed E-state index contributed by atoms with van der Waals surface area (Å²) in [5, 5.41) is 6.62. The van der Waals surface area contributed by atoms with Gasteiger partial charge >= 0.3 is 12.0 Å². The van der Waals surface area contributed by atoms with E-state index in [0.29, 0.717) is 23.0 Å². The molecule has 0 atom stereocenters. The molecular formula is C21H23N3O6. The van der Waals surface area contributed by atoms with Crippen LogP contribution in [-0.2, 0) is 22.6 Å². The van der Waals surface area contributed by atoms with Crippen LogP contribution in [0.3, 0.4) is 0 Å². The van der Waals surface area contributed by atoms with Gasteiger partial charge in [0.2, 0.25) is 0 Å². The lowest BCUT2D eigenvalue weighted by atomic mass is 10.1. The van der Waals surface area contributed by atoms with Gasteiger partial charge in [0.05, 0.1) is 38.6 Å². The Morgan fingerprint density at radius 2 is 2.00 bits per heavy atom. The number of nitrogens with one attached hydrogen (secondary N) is 1. The first-order valence-corrected chi connectivity index (χ1v) is 9.40. The van der Waals surface area contributed by atoms with Crippen LogP contribution in [0.4, 0.5) is 4.79 Å². The Morgan fingerprint density at radius 3 is 2.73 bits per heavy atom. The van der Waals surface area contributed by atoms with E-state index in [0.717, 1.165) is 5.56 Å². The number of carbonyl (C=O) groups excluding carboxylic acids is 2. The summed E-state index contributed by atoms with van der Waals surface area (Å²) < 4.78 is 21.0. The van der Waals surface area contributed by atoms with Crippen LogP contribution >= 0.6 is 0 Å². The molecule has 2 amide bonds. The molecule has 30 heavy (non-hydrogen) atoms. The van der Waals surface area contributed by atoms with Crippen LogP contribution in [0.2, 0.25) is 0 Å². The average Bonchev–Trinajstić information content (AvgIpc) is 3.44. The van der Waals surface area contributed by atoms with Gasteiger partial charge in [-0.3, -0.25) is 4.79 Å². The van der Waals surface area contributed by atoms with Crippen molar-refractivity contribution in [2.75, 3.05) is 20.3 Å². The molecule has 3 rings (SSSR count). The molecule has 1 aromatic carbocycles. The number of para-hydroxylation sites is 1. The van der Waals surface area contributed by atoms with E-state index < -0.39 is 12.0 Å². The highest BCUT2D eigenvalue weighted by Crippen LogP contribution is 2.30. The minimum absolute atomic E-state index is 0.147. The molecule has 9 nitrogen and oxygen atoms in total. The summed E-state index contributed by atoms with van der Waals surface area (Å²) in [6.07, 6.45) is 1.53. The second-order valence-corrected chi connectivity index (χ2v) is 6.28. The van der Waals surface area contributed by atoms with Crippen molar-refractivity contribution in [1.82, 2.24) is 15.4 Å². The lowest BCUT2D eigenvalue weighted by Gasteiger charge is -2.20. The Balaban J connectivity index is 1.73. The molecule has 158 valence electrons. The highest BCUT2D eigenvalue weighted by Gasteiger charge is 2.20. The minimum atomic E-state index is -0.510. The largest absolute Gasteiger partial charge is 0.496 e. The van der Waals surface area contributed by atoms with E-state index in [2.05, 4.69) is 10.5 Å². The van der Waals surface area contributed by atoms with Crippen molar-refractivity contribution in [2.24, 2.45) is 0 Å². The number of amides is 2. The summed E-state index contributed by atoms with van der Waals surface area (Å²) in [6, 6.07) is 12.2. The van der Waals surface area contributed by atoms with Gasteiger partial charge < -0.3 is 28.6 Å². The maximum atomic E-state index is 12.6. The van der Waals surface area contributed by atoms with Crippen molar-refractivity contribution in [3.05, 3.63) is 60.2 Å². The van der Waals surface area contributed by atoms with Crippen LogP contribution < -0.4 is 10.1 Å². The summed E-state index contributed by atoms with van der Waals surface area (Å²) in [4.78, 5) is 25.7. The van der Waals surface area contributed by atoms with Crippen LogP contribution in [-0.4, -0.2) is 42.3 Å². The number of hydrogen-bond acceptors (Lipinski definition) is 7. The summed E-state index contributed by atoms with van der Waals surface area (Å²) in [6.45, 7) is 2.06.